The monoisotopic (exact) mass is 269 g/mol. The molecule has 5 nitrogen and oxygen atoms in total. The van der Waals surface area contributed by atoms with Crippen molar-refractivity contribution in [1.82, 2.24) is 10.1 Å². The summed E-state index contributed by atoms with van der Waals surface area (Å²) in [5.74, 6) is 1.20. The van der Waals surface area contributed by atoms with Gasteiger partial charge in [0, 0.05) is 12.0 Å². The maximum Gasteiger partial charge on any atom is 0.149 e. The first-order valence-electron chi connectivity index (χ1n) is 7.46. The molecular weight excluding hydrogens is 244 g/mol. The highest BCUT2D eigenvalue weighted by Crippen LogP contribution is 2.28. The van der Waals surface area contributed by atoms with Crippen LogP contribution in [0.1, 0.15) is 45.4 Å². The summed E-state index contributed by atoms with van der Waals surface area (Å²) in [7, 11) is 0. The summed E-state index contributed by atoms with van der Waals surface area (Å²) in [4.78, 5) is 14.5. The van der Waals surface area contributed by atoms with Crippen molar-refractivity contribution in [2.24, 2.45) is 11.8 Å². The quantitative estimate of drug-likeness (QED) is 0.791. The number of hydroxylamine groups is 2. The van der Waals surface area contributed by atoms with Crippen LogP contribution in [0.4, 0.5) is 0 Å². The summed E-state index contributed by atoms with van der Waals surface area (Å²) in [6, 6.07) is -0.306. The zero-order chi connectivity index (χ0) is 13.8. The van der Waals surface area contributed by atoms with Crippen LogP contribution >= 0.6 is 0 Å². The van der Waals surface area contributed by atoms with E-state index in [0.29, 0.717) is 25.2 Å². The van der Waals surface area contributed by atoms with Crippen molar-refractivity contribution in [2.75, 3.05) is 19.6 Å². The third-order valence-corrected chi connectivity index (χ3v) is 4.72. The van der Waals surface area contributed by atoms with Crippen molar-refractivity contribution >= 4 is 5.78 Å². The molecule has 0 aromatic rings. The number of carbonyl (C=O) groups excluding carboxylic acids is 1. The van der Waals surface area contributed by atoms with E-state index in [0.717, 1.165) is 31.8 Å². The van der Waals surface area contributed by atoms with E-state index in [2.05, 4.69) is 11.8 Å². The van der Waals surface area contributed by atoms with E-state index in [9.17, 15) is 10.0 Å². The predicted molar refractivity (Wildman–Crippen MR) is 72.6 cm³/mol. The van der Waals surface area contributed by atoms with Crippen LogP contribution in [0.15, 0.2) is 0 Å². The fourth-order valence-corrected chi connectivity index (χ4v) is 3.19. The smallest absolute Gasteiger partial charge is 0.149 e. The molecule has 1 N–H and O–H groups in total. The standard InChI is InChI=1S/C14H25N2O3/c1-11-6-8-15(9-7-11)10-14(17)12-2-4-13(5-3-12)16(18)19/h11-13,18H,2-10H2,1H3/q-1. The summed E-state index contributed by atoms with van der Waals surface area (Å²) in [6.07, 6.45) is 5.13. The van der Waals surface area contributed by atoms with Crippen molar-refractivity contribution in [3.63, 3.8) is 0 Å². The topological polar surface area (TPSA) is 66.8 Å². The summed E-state index contributed by atoms with van der Waals surface area (Å²) in [5, 5.41) is 19.7. The Morgan fingerprint density at radius 3 is 2.32 bits per heavy atom. The minimum atomic E-state index is -0.306. The van der Waals surface area contributed by atoms with Gasteiger partial charge < -0.3 is 10.4 Å². The molecule has 2 aliphatic rings. The van der Waals surface area contributed by atoms with E-state index in [1.54, 1.807) is 0 Å². The highest BCUT2D eigenvalue weighted by Gasteiger charge is 2.28. The third-order valence-electron chi connectivity index (χ3n) is 4.72. The lowest BCUT2D eigenvalue weighted by atomic mass is 9.83. The van der Waals surface area contributed by atoms with Crippen molar-refractivity contribution in [1.29, 1.82) is 0 Å². The number of rotatable bonds is 4. The van der Waals surface area contributed by atoms with Gasteiger partial charge in [0.2, 0.25) is 0 Å². The molecule has 1 saturated heterocycles. The Labute approximate surface area is 115 Å². The van der Waals surface area contributed by atoms with Gasteiger partial charge >= 0.3 is 0 Å². The number of carbonyl (C=O) groups is 1. The first-order valence-corrected chi connectivity index (χ1v) is 7.46. The van der Waals surface area contributed by atoms with Gasteiger partial charge in [-0.15, -0.1) is 0 Å². The van der Waals surface area contributed by atoms with E-state index < -0.39 is 0 Å². The van der Waals surface area contributed by atoms with Crippen LogP contribution in [-0.4, -0.2) is 46.8 Å². The molecule has 0 unspecified atom stereocenters. The van der Waals surface area contributed by atoms with Crippen LogP contribution in [0, 0.1) is 17.0 Å². The molecule has 0 atom stereocenters. The lowest BCUT2D eigenvalue weighted by Gasteiger charge is -2.37. The van der Waals surface area contributed by atoms with Gasteiger partial charge in [-0.3, -0.25) is 14.9 Å². The molecule has 2 rings (SSSR count). The van der Waals surface area contributed by atoms with Crippen LogP contribution in [-0.2, 0) is 4.79 Å². The maximum atomic E-state index is 12.2. The van der Waals surface area contributed by atoms with Gasteiger partial charge in [0.25, 0.3) is 0 Å². The fraction of sp³-hybridized carbons (Fsp3) is 0.929. The molecule has 2 fully saturated rings. The Morgan fingerprint density at radius 1 is 1.21 bits per heavy atom. The van der Waals surface area contributed by atoms with Crippen LogP contribution in [0.2, 0.25) is 0 Å². The molecule has 0 aromatic carbocycles. The van der Waals surface area contributed by atoms with Gasteiger partial charge in [0.15, 0.2) is 0 Å². The molecule has 0 amide bonds. The second-order valence-corrected chi connectivity index (χ2v) is 6.23. The molecule has 1 saturated carbocycles. The molecule has 110 valence electrons. The highest BCUT2D eigenvalue weighted by molar-refractivity contribution is 5.83. The fourth-order valence-electron chi connectivity index (χ4n) is 3.19. The average molecular weight is 269 g/mol. The van der Waals surface area contributed by atoms with Crippen LogP contribution in [0.5, 0.6) is 0 Å². The molecular formula is C14H25N2O3-. The van der Waals surface area contributed by atoms with Gasteiger partial charge in [0.1, 0.15) is 5.78 Å². The van der Waals surface area contributed by atoms with E-state index in [-0.39, 0.29) is 17.2 Å². The second-order valence-electron chi connectivity index (χ2n) is 6.23. The normalized spacial score (nSPS) is 30.7. The van der Waals surface area contributed by atoms with Gasteiger partial charge in [-0.2, -0.15) is 0 Å². The van der Waals surface area contributed by atoms with E-state index in [4.69, 9.17) is 5.21 Å². The van der Waals surface area contributed by atoms with E-state index >= 15 is 0 Å². The Morgan fingerprint density at radius 2 is 1.79 bits per heavy atom. The first-order chi connectivity index (χ1) is 9.06. The number of Topliss-reactive ketones (excluding diaryl/α,β-unsaturated/α-hetero) is 1. The zero-order valence-corrected chi connectivity index (χ0v) is 11.8. The van der Waals surface area contributed by atoms with Gasteiger partial charge in [-0.05, 0) is 57.5 Å². The Kier molecular flexibility index (Phi) is 5.33. The Hall–Kier alpha value is -0.490. The van der Waals surface area contributed by atoms with Crippen molar-refractivity contribution < 1.29 is 10.0 Å². The van der Waals surface area contributed by atoms with Gasteiger partial charge in [-0.1, -0.05) is 6.92 Å². The molecule has 1 heterocycles. The number of hydrogen-bond donors (Lipinski definition) is 1. The highest BCUT2D eigenvalue weighted by atomic mass is 16.8. The van der Waals surface area contributed by atoms with Crippen molar-refractivity contribution in [3.8, 4) is 0 Å². The molecule has 0 bridgehead atoms. The number of ketones is 1. The van der Waals surface area contributed by atoms with Crippen molar-refractivity contribution in [3.05, 3.63) is 5.21 Å². The second kappa shape index (κ2) is 6.79. The molecule has 1 aliphatic carbocycles. The van der Waals surface area contributed by atoms with Crippen LogP contribution in [0.3, 0.4) is 0 Å². The summed E-state index contributed by atoms with van der Waals surface area (Å²) >= 11 is 0. The average Bonchev–Trinajstić information content (AvgIpc) is 2.41. The summed E-state index contributed by atoms with van der Waals surface area (Å²) in [5.41, 5.74) is 0. The van der Waals surface area contributed by atoms with Gasteiger partial charge in [0.05, 0.1) is 6.54 Å². The Bertz CT molecular complexity index is 293. The van der Waals surface area contributed by atoms with Crippen LogP contribution in [0.25, 0.3) is 0 Å². The number of hydrogen-bond acceptors (Lipinski definition) is 5. The molecule has 1 aliphatic heterocycles. The summed E-state index contributed by atoms with van der Waals surface area (Å²) in [6.45, 7) is 4.91. The van der Waals surface area contributed by atoms with Crippen LogP contribution < -0.4 is 0 Å². The Balaban J connectivity index is 1.72. The van der Waals surface area contributed by atoms with E-state index in [1.807, 2.05) is 0 Å². The van der Waals surface area contributed by atoms with E-state index in [1.165, 1.54) is 12.8 Å². The molecule has 0 spiro atoms. The minimum absolute atomic E-state index is 0.0622. The number of likely N-dealkylation sites (tertiary alicyclic amines) is 1. The summed E-state index contributed by atoms with van der Waals surface area (Å²) < 4.78 is 0. The lowest BCUT2D eigenvalue weighted by Crippen LogP contribution is -2.40. The zero-order valence-electron chi connectivity index (χ0n) is 11.8. The molecule has 0 radical (unpaired) electrons. The van der Waals surface area contributed by atoms with Crippen molar-refractivity contribution in [2.45, 2.75) is 51.5 Å². The predicted octanol–water partition coefficient (Wildman–Crippen LogP) is 2.04. The number of piperidine rings is 1. The molecule has 19 heavy (non-hydrogen) atoms. The molecule has 5 heteroatoms. The molecule has 0 aromatic heterocycles. The largest absolute Gasteiger partial charge is 0.762 e. The minimum Gasteiger partial charge on any atom is -0.762 e. The third kappa shape index (κ3) is 4.24. The van der Waals surface area contributed by atoms with Gasteiger partial charge in [-0.25, -0.2) is 0 Å². The maximum absolute atomic E-state index is 12.2. The first kappa shape index (κ1) is 14.9. The SMILES string of the molecule is CC1CCN(CC(=O)C2CCC(N([O-])O)CC2)CC1. The lowest BCUT2D eigenvalue weighted by molar-refractivity contribution is -0.128. The number of nitrogens with zero attached hydrogens (tertiary/aromatic N) is 2.